The molecule has 1 amide bonds. The number of esters is 2. The summed E-state index contributed by atoms with van der Waals surface area (Å²) < 4.78 is 10.1. The highest BCUT2D eigenvalue weighted by Crippen LogP contribution is 2.55. The number of methoxy groups -OCH3 is 2. The summed E-state index contributed by atoms with van der Waals surface area (Å²) in [5.41, 5.74) is 2.02. The fourth-order valence-electron chi connectivity index (χ4n) is 5.25. The first kappa shape index (κ1) is 23.3. The highest BCUT2D eigenvalue weighted by Gasteiger charge is 2.63. The van der Waals surface area contributed by atoms with Crippen molar-refractivity contribution in [2.45, 2.75) is 38.1 Å². The van der Waals surface area contributed by atoms with Crippen molar-refractivity contribution in [2.24, 2.45) is 4.99 Å². The van der Waals surface area contributed by atoms with Crippen LogP contribution < -0.4 is 4.90 Å². The smallest absolute Gasteiger partial charge is 0.357 e. The monoisotopic (exact) mass is 461 g/mol. The first-order valence-corrected chi connectivity index (χ1v) is 11.0. The van der Waals surface area contributed by atoms with Gasteiger partial charge >= 0.3 is 11.9 Å². The first-order valence-electron chi connectivity index (χ1n) is 11.0. The fraction of sp³-hybridized carbons (Fsp3) is 0.385. The zero-order chi connectivity index (χ0) is 24.6. The number of para-hydroxylation sites is 1. The van der Waals surface area contributed by atoms with Crippen LogP contribution in [-0.4, -0.2) is 61.9 Å². The number of likely N-dealkylation sites (tertiary alicyclic amines) is 1. The Morgan fingerprint density at radius 2 is 1.94 bits per heavy atom. The van der Waals surface area contributed by atoms with Crippen molar-refractivity contribution in [3.8, 4) is 12.3 Å². The molecule has 0 unspecified atom stereocenters. The zero-order valence-corrected chi connectivity index (χ0v) is 19.8. The van der Waals surface area contributed by atoms with E-state index in [4.69, 9.17) is 15.9 Å². The van der Waals surface area contributed by atoms with Gasteiger partial charge in [-0.25, -0.2) is 14.6 Å². The van der Waals surface area contributed by atoms with Crippen LogP contribution in [0.5, 0.6) is 0 Å². The number of rotatable bonds is 5. The highest BCUT2D eigenvalue weighted by molar-refractivity contribution is 6.16. The summed E-state index contributed by atoms with van der Waals surface area (Å²) in [5, 5.41) is 0. The Bertz CT molecular complexity index is 1200. The lowest BCUT2D eigenvalue weighted by molar-refractivity contribution is -0.140. The average molecular weight is 462 g/mol. The molecule has 3 heterocycles. The van der Waals surface area contributed by atoms with E-state index in [1.807, 2.05) is 38.1 Å². The summed E-state index contributed by atoms with van der Waals surface area (Å²) in [6.45, 7) is 4.48. The summed E-state index contributed by atoms with van der Waals surface area (Å²) in [5.74, 6) is 1.28. The molecule has 1 saturated heterocycles. The topological polar surface area (TPSA) is 88.5 Å². The molecule has 1 aromatic rings. The van der Waals surface area contributed by atoms with Gasteiger partial charge in [0.1, 0.15) is 5.84 Å². The van der Waals surface area contributed by atoms with E-state index in [0.717, 1.165) is 16.8 Å². The molecule has 176 valence electrons. The minimum absolute atomic E-state index is 0.00425. The largest absolute Gasteiger partial charge is 0.466 e. The number of carbonyl (C=O) groups is 3. The maximum Gasteiger partial charge on any atom is 0.357 e. The van der Waals surface area contributed by atoms with Gasteiger partial charge in [-0.2, -0.15) is 0 Å². The number of amides is 1. The average Bonchev–Trinajstić information content (AvgIpc) is 3.12. The molecule has 0 bridgehead atoms. The van der Waals surface area contributed by atoms with E-state index in [9.17, 15) is 14.4 Å². The molecule has 0 N–H and O–H groups in total. The molecule has 2 atom stereocenters. The molecule has 1 aromatic carbocycles. The molecule has 1 fully saturated rings. The molecule has 34 heavy (non-hydrogen) atoms. The van der Waals surface area contributed by atoms with Crippen LogP contribution in [0.1, 0.15) is 32.3 Å². The van der Waals surface area contributed by atoms with Crippen molar-refractivity contribution in [1.29, 1.82) is 0 Å². The first-order chi connectivity index (χ1) is 16.3. The lowest BCUT2D eigenvalue weighted by atomic mass is 9.65. The molecular formula is C26H27N3O5. The number of anilines is 1. The standard InChI is InChI=1S/C26H27N3O5/c1-6-14-29-19(30)11-13-26-17-9-7-8-10-18(17)28(15-12-16(2)3)22(26)20(23(31)33-4)21(24(32)34-5)27-25(26)29/h1,7-10,12,22H,11,13-15H2,2-5H3/t22-,26-/m0/s1. The van der Waals surface area contributed by atoms with Gasteiger partial charge in [0.25, 0.3) is 0 Å². The molecule has 0 aliphatic carbocycles. The summed E-state index contributed by atoms with van der Waals surface area (Å²) >= 11 is 0. The number of aliphatic imine (C=N–C) groups is 1. The summed E-state index contributed by atoms with van der Waals surface area (Å²) in [4.78, 5) is 47.2. The molecule has 8 heteroatoms. The number of hydrogen-bond donors (Lipinski definition) is 0. The summed E-state index contributed by atoms with van der Waals surface area (Å²) in [6, 6.07) is 7.18. The predicted molar refractivity (Wildman–Crippen MR) is 127 cm³/mol. The number of terminal acetylenes is 1. The molecule has 4 rings (SSSR count). The van der Waals surface area contributed by atoms with E-state index in [2.05, 4.69) is 21.9 Å². The second-order valence-electron chi connectivity index (χ2n) is 8.69. The lowest BCUT2D eigenvalue weighted by Crippen LogP contribution is -2.63. The van der Waals surface area contributed by atoms with E-state index >= 15 is 0 Å². The van der Waals surface area contributed by atoms with Crippen LogP contribution in [0.25, 0.3) is 0 Å². The maximum absolute atomic E-state index is 13.2. The molecule has 0 aromatic heterocycles. The highest BCUT2D eigenvalue weighted by atomic mass is 16.5. The Hall–Kier alpha value is -3.86. The van der Waals surface area contributed by atoms with Crippen molar-refractivity contribution in [3.63, 3.8) is 0 Å². The van der Waals surface area contributed by atoms with Crippen molar-refractivity contribution in [3.05, 3.63) is 52.7 Å². The van der Waals surface area contributed by atoms with Crippen LogP contribution in [0.15, 0.2) is 52.2 Å². The molecular weight excluding hydrogens is 434 g/mol. The third-order valence-electron chi connectivity index (χ3n) is 6.64. The Labute approximate surface area is 198 Å². The van der Waals surface area contributed by atoms with Gasteiger partial charge in [-0.3, -0.25) is 9.69 Å². The van der Waals surface area contributed by atoms with Gasteiger partial charge in [0, 0.05) is 18.7 Å². The number of hydrogen-bond acceptors (Lipinski definition) is 7. The number of allylic oxidation sites excluding steroid dienone is 1. The van der Waals surface area contributed by atoms with Gasteiger partial charge in [0.15, 0.2) is 5.70 Å². The van der Waals surface area contributed by atoms with E-state index in [0.29, 0.717) is 18.8 Å². The molecule has 3 aliphatic heterocycles. The molecule has 3 aliphatic rings. The van der Waals surface area contributed by atoms with Crippen molar-refractivity contribution in [1.82, 2.24) is 4.90 Å². The third-order valence-corrected chi connectivity index (χ3v) is 6.64. The predicted octanol–water partition coefficient (Wildman–Crippen LogP) is 2.35. The Kier molecular flexibility index (Phi) is 6.05. The summed E-state index contributed by atoms with van der Waals surface area (Å²) in [6.07, 6.45) is 8.30. The normalized spacial score (nSPS) is 22.7. The lowest BCUT2D eigenvalue weighted by Gasteiger charge is -2.48. The van der Waals surface area contributed by atoms with E-state index in [1.54, 1.807) is 0 Å². The Balaban J connectivity index is 2.09. The van der Waals surface area contributed by atoms with Crippen LogP contribution >= 0.6 is 0 Å². The van der Waals surface area contributed by atoms with Gasteiger partial charge in [0.2, 0.25) is 5.91 Å². The van der Waals surface area contributed by atoms with Crippen LogP contribution in [0.3, 0.4) is 0 Å². The van der Waals surface area contributed by atoms with Crippen molar-refractivity contribution >= 4 is 29.4 Å². The van der Waals surface area contributed by atoms with Gasteiger partial charge < -0.3 is 14.4 Å². The van der Waals surface area contributed by atoms with E-state index < -0.39 is 23.4 Å². The van der Waals surface area contributed by atoms with E-state index in [1.165, 1.54) is 19.1 Å². The van der Waals surface area contributed by atoms with Crippen molar-refractivity contribution < 1.29 is 23.9 Å². The molecule has 0 radical (unpaired) electrons. The summed E-state index contributed by atoms with van der Waals surface area (Å²) in [7, 11) is 2.50. The Morgan fingerprint density at radius 1 is 1.24 bits per heavy atom. The number of benzene rings is 1. The number of carbonyl (C=O) groups excluding carboxylic acids is 3. The third kappa shape index (κ3) is 3.31. The van der Waals surface area contributed by atoms with Crippen LogP contribution in [0.4, 0.5) is 5.69 Å². The van der Waals surface area contributed by atoms with Crippen LogP contribution in [-0.2, 0) is 29.3 Å². The Morgan fingerprint density at radius 3 is 2.59 bits per heavy atom. The van der Waals surface area contributed by atoms with Gasteiger partial charge in [-0.15, -0.1) is 6.42 Å². The second kappa shape index (κ2) is 8.82. The zero-order valence-electron chi connectivity index (χ0n) is 19.8. The number of nitrogens with zero attached hydrogens (tertiary/aromatic N) is 3. The quantitative estimate of drug-likeness (QED) is 0.380. The SMILES string of the molecule is C#CCN1C(=O)CC[C@@]23C1=NC(C(=O)OC)=C(C(=O)OC)[C@@H]2N(CC=C(C)C)c1ccccc13. The number of ether oxygens (including phenoxy) is 2. The van der Waals surface area contributed by atoms with Gasteiger partial charge in [-0.05, 0) is 31.9 Å². The second-order valence-corrected chi connectivity index (χ2v) is 8.69. The number of amidine groups is 1. The fourth-order valence-corrected chi connectivity index (χ4v) is 5.25. The van der Waals surface area contributed by atoms with Crippen molar-refractivity contribution in [2.75, 3.05) is 32.2 Å². The maximum atomic E-state index is 13.2. The van der Waals surface area contributed by atoms with Crippen LogP contribution in [0, 0.1) is 12.3 Å². The molecule has 1 spiro atoms. The molecule has 0 saturated carbocycles. The minimum Gasteiger partial charge on any atom is -0.466 e. The number of piperidine rings is 1. The molecule has 8 nitrogen and oxygen atoms in total. The van der Waals surface area contributed by atoms with Crippen LogP contribution in [0.2, 0.25) is 0 Å². The van der Waals surface area contributed by atoms with E-state index in [-0.39, 0.29) is 30.1 Å². The minimum atomic E-state index is -0.863. The van der Waals surface area contributed by atoms with Gasteiger partial charge in [0.05, 0.1) is 37.8 Å². The number of fused-ring (bicyclic) bond motifs is 1. The van der Waals surface area contributed by atoms with Gasteiger partial charge in [-0.1, -0.05) is 35.8 Å².